The Morgan fingerprint density at radius 3 is 2.45 bits per heavy atom. The Kier molecular flexibility index (Phi) is 4.06. The maximum absolute atomic E-state index is 12.9. The van der Waals surface area contributed by atoms with E-state index in [0.29, 0.717) is 23.9 Å². The normalized spacial score (nSPS) is 19.5. The molecule has 2 aromatic carbocycles. The molecule has 1 aliphatic rings. The lowest BCUT2D eigenvalue weighted by atomic mass is 9.99. The molecule has 0 N–H and O–H groups in total. The number of benzene rings is 2. The fourth-order valence-corrected chi connectivity index (χ4v) is 4.88. The molecule has 0 aliphatic carbocycles. The second-order valence-electron chi connectivity index (χ2n) is 6.03. The summed E-state index contributed by atoms with van der Waals surface area (Å²) < 4.78 is 27.4. The summed E-state index contributed by atoms with van der Waals surface area (Å²) >= 11 is 0. The quantitative estimate of drug-likeness (QED) is 0.869. The van der Waals surface area contributed by atoms with Crippen molar-refractivity contribution in [2.75, 3.05) is 13.1 Å². The predicted octanol–water partition coefficient (Wildman–Crippen LogP) is 3.48. The van der Waals surface area contributed by atoms with Gasteiger partial charge in [-0.05, 0) is 43.4 Å². The van der Waals surface area contributed by atoms with Crippen LogP contribution in [-0.2, 0) is 10.0 Å². The SMILES string of the molecule is Cc1ccc(S(=O)(=O)N2CCC(c3ccccc3)C2)c(C)c1. The van der Waals surface area contributed by atoms with Gasteiger partial charge < -0.3 is 0 Å². The van der Waals surface area contributed by atoms with Gasteiger partial charge in [-0.15, -0.1) is 0 Å². The number of aryl methyl sites for hydroxylation is 2. The lowest BCUT2D eigenvalue weighted by Crippen LogP contribution is -2.29. The summed E-state index contributed by atoms with van der Waals surface area (Å²) in [5.74, 6) is 0.293. The van der Waals surface area contributed by atoms with E-state index in [2.05, 4.69) is 12.1 Å². The molecular formula is C18H21NO2S. The van der Waals surface area contributed by atoms with Gasteiger partial charge in [0.05, 0.1) is 4.90 Å². The van der Waals surface area contributed by atoms with Gasteiger partial charge in [-0.25, -0.2) is 8.42 Å². The van der Waals surface area contributed by atoms with Crippen LogP contribution in [0.1, 0.15) is 29.0 Å². The molecule has 1 atom stereocenters. The average molecular weight is 315 g/mol. The molecule has 0 spiro atoms. The van der Waals surface area contributed by atoms with Gasteiger partial charge >= 0.3 is 0 Å². The summed E-state index contributed by atoms with van der Waals surface area (Å²) in [6.45, 7) is 5.00. The number of hydrogen-bond donors (Lipinski definition) is 0. The highest BCUT2D eigenvalue weighted by Crippen LogP contribution is 2.31. The van der Waals surface area contributed by atoms with Crippen molar-refractivity contribution in [3.8, 4) is 0 Å². The summed E-state index contributed by atoms with van der Waals surface area (Å²) in [6, 6.07) is 15.7. The Morgan fingerprint density at radius 1 is 1.05 bits per heavy atom. The Hall–Kier alpha value is -1.65. The van der Waals surface area contributed by atoms with Crippen molar-refractivity contribution in [2.45, 2.75) is 31.1 Å². The maximum atomic E-state index is 12.9. The third-order valence-electron chi connectivity index (χ3n) is 4.37. The zero-order chi connectivity index (χ0) is 15.7. The standard InChI is InChI=1S/C18H21NO2S/c1-14-8-9-18(15(2)12-14)22(20,21)19-11-10-17(13-19)16-6-4-3-5-7-16/h3-9,12,17H,10-11,13H2,1-2H3. The fourth-order valence-electron chi connectivity index (χ4n) is 3.17. The monoisotopic (exact) mass is 315 g/mol. The second kappa shape index (κ2) is 5.86. The van der Waals surface area contributed by atoms with Crippen LogP contribution in [0.3, 0.4) is 0 Å². The lowest BCUT2D eigenvalue weighted by Gasteiger charge is -2.18. The van der Waals surface area contributed by atoms with Crippen molar-refractivity contribution in [3.05, 3.63) is 65.2 Å². The highest BCUT2D eigenvalue weighted by molar-refractivity contribution is 7.89. The molecule has 22 heavy (non-hydrogen) atoms. The summed E-state index contributed by atoms with van der Waals surface area (Å²) in [4.78, 5) is 0.437. The minimum atomic E-state index is -3.39. The van der Waals surface area contributed by atoms with Gasteiger partial charge in [0.15, 0.2) is 0 Å². The molecule has 3 rings (SSSR count). The van der Waals surface area contributed by atoms with Crippen molar-refractivity contribution in [3.63, 3.8) is 0 Å². The highest BCUT2D eigenvalue weighted by atomic mass is 32.2. The minimum absolute atomic E-state index is 0.293. The highest BCUT2D eigenvalue weighted by Gasteiger charge is 2.33. The molecule has 1 saturated heterocycles. The molecule has 116 valence electrons. The molecule has 0 radical (unpaired) electrons. The van der Waals surface area contributed by atoms with E-state index >= 15 is 0 Å². The van der Waals surface area contributed by atoms with Crippen LogP contribution >= 0.6 is 0 Å². The maximum Gasteiger partial charge on any atom is 0.243 e. The Balaban J connectivity index is 1.85. The first kappa shape index (κ1) is 15.3. The molecular weight excluding hydrogens is 294 g/mol. The van der Waals surface area contributed by atoms with E-state index in [0.717, 1.165) is 17.5 Å². The summed E-state index contributed by atoms with van der Waals surface area (Å²) in [6.07, 6.45) is 0.883. The van der Waals surface area contributed by atoms with Crippen LogP contribution in [0.25, 0.3) is 0 Å². The fraction of sp³-hybridized carbons (Fsp3) is 0.333. The van der Waals surface area contributed by atoms with Gasteiger partial charge in [-0.2, -0.15) is 4.31 Å². The topological polar surface area (TPSA) is 37.4 Å². The number of rotatable bonds is 3. The van der Waals surface area contributed by atoms with Gasteiger partial charge in [0.25, 0.3) is 0 Å². The molecule has 1 unspecified atom stereocenters. The number of nitrogens with zero attached hydrogens (tertiary/aromatic N) is 1. The Morgan fingerprint density at radius 2 is 1.77 bits per heavy atom. The smallest absolute Gasteiger partial charge is 0.207 e. The summed E-state index contributed by atoms with van der Waals surface area (Å²) in [5.41, 5.74) is 3.13. The van der Waals surface area contributed by atoms with Crippen LogP contribution in [0.15, 0.2) is 53.4 Å². The van der Waals surface area contributed by atoms with Crippen LogP contribution in [0.5, 0.6) is 0 Å². The Bertz CT molecular complexity index is 769. The summed E-state index contributed by atoms with van der Waals surface area (Å²) in [5, 5.41) is 0. The molecule has 0 aromatic heterocycles. The molecule has 4 heteroatoms. The Labute approximate surface area is 132 Å². The van der Waals surface area contributed by atoms with Gasteiger partial charge in [0.2, 0.25) is 10.0 Å². The summed E-state index contributed by atoms with van der Waals surface area (Å²) in [7, 11) is -3.39. The van der Waals surface area contributed by atoms with Gasteiger partial charge in [-0.1, -0.05) is 48.0 Å². The second-order valence-corrected chi connectivity index (χ2v) is 7.93. The number of hydrogen-bond acceptors (Lipinski definition) is 2. The van der Waals surface area contributed by atoms with E-state index in [-0.39, 0.29) is 0 Å². The van der Waals surface area contributed by atoms with Crippen molar-refractivity contribution >= 4 is 10.0 Å². The third-order valence-corrected chi connectivity index (χ3v) is 6.40. The van der Waals surface area contributed by atoms with Crippen molar-refractivity contribution in [1.82, 2.24) is 4.31 Å². The zero-order valence-corrected chi connectivity index (χ0v) is 13.8. The molecule has 0 amide bonds. The van der Waals surface area contributed by atoms with Crippen LogP contribution in [0, 0.1) is 13.8 Å². The van der Waals surface area contributed by atoms with Crippen molar-refractivity contribution in [1.29, 1.82) is 0 Å². The van der Waals surface area contributed by atoms with Gasteiger partial charge in [0.1, 0.15) is 0 Å². The van der Waals surface area contributed by atoms with Crippen LogP contribution in [0.4, 0.5) is 0 Å². The third kappa shape index (κ3) is 2.81. The van der Waals surface area contributed by atoms with Crippen LogP contribution in [0.2, 0.25) is 0 Å². The van der Waals surface area contributed by atoms with Crippen molar-refractivity contribution < 1.29 is 8.42 Å². The van der Waals surface area contributed by atoms with Gasteiger partial charge in [-0.3, -0.25) is 0 Å². The average Bonchev–Trinajstić information content (AvgIpc) is 2.98. The molecule has 3 nitrogen and oxygen atoms in total. The minimum Gasteiger partial charge on any atom is -0.207 e. The molecule has 0 bridgehead atoms. The first-order chi connectivity index (χ1) is 10.5. The van der Waals surface area contributed by atoms with E-state index in [4.69, 9.17) is 0 Å². The first-order valence-corrected chi connectivity index (χ1v) is 9.05. The van der Waals surface area contributed by atoms with Crippen LogP contribution in [-0.4, -0.2) is 25.8 Å². The molecule has 1 fully saturated rings. The first-order valence-electron chi connectivity index (χ1n) is 7.61. The predicted molar refractivity (Wildman–Crippen MR) is 88.5 cm³/mol. The van der Waals surface area contributed by atoms with Crippen LogP contribution < -0.4 is 0 Å². The van der Waals surface area contributed by atoms with E-state index in [9.17, 15) is 8.42 Å². The largest absolute Gasteiger partial charge is 0.243 e. The van der Waals surface area contributed by atoms with E-state index in [1.54, 1.807) is 10.4 Å². The molecule has 1 heterocycles. The lowest BCUT2D eigenvalue weighted by molar-refractivity contribution is 0.472. The zero-order valence-electron chi connectivity index (χ0n) is 13.0. The van der Waals surface area contributed by atoms with E-state index in [1.165, 1.54) is 5.56 Å². The molecule has 1 aliphatic heterocycles. The van der Waals surface area contributed by atoms with E-state index in [1.807, 2.05) is 44.2 Å². The number of sulfonamides is 1. The van der Waals surface area contributed by atoms with Gasteiger partial charge in [0, 0.05) is 13.1 Å². The van der Waals surface area contributed by atoms with Crippen molar-refractivity contribution in [2.24, 2.45) is 0 Å². The molecule has 0 saturated carbocycles. The molecule has 2 aromatic rings. The van der Waals surface area contributed by atoms with E-state index < -0.39 is 10.0 Å².